The van der Waals surface area contributed by atoms with E-state index in [0.717, 1.165) is 17.4 Å². The van der Waals surface area contributed by atoms with Gasteiger partial charge in [0.15, 0.2) is 0 Å². The standard InChI is InChI=1S/C27H40/c1-9-23(7)11-13-25-19-27(17-15-21(3)4,18-16-22(5)6)20-26(25)14-12-24(8)10-2/h9,11-14,19-23H,1-2,15-18H2,3-8H3/b13-11-,14-12-. The predicted molar refractivity (Wildman–Crippen MR) is 123 cm³/mol. The summed E-state index contributed by atoms with van der Waals surface area (Å²) in [6, 6.07) is 0. The topological polar surface area (TPSA) is 0 Å². The minimum Gasteiger partial charge on any atom is -0.125 e. The van der Waals surface area contributed by atoms with E-state index in [-0.39, 0.29) is 5.41 Å². The van der Waals surface area contributed by atoms with Crippen LogP contribution < -0.4 is 0 Å². The number of hydrogen-bond acceptors (Lipinski definition) is 0. The molecule has 0 bridgehead atoms. The first-order chi connectivity index (χ1) is 12.7. The molecule has 1 unspecified atom stereocenters. The third kappa shape index (κ3) is 8.19. The van der Waals surface area contributed by atoms with Crippen LogP contribution in [0.3, 0.4) is 0 Å². The van der Waals surface area contributed by atoms with Gasteiger partial charge in [0.05, 0.1) is 0 Å². The second-order valence-electron chi connectivity index (χ2n) is 8.94. The molecule has 0 aromatic carbocycles. The predicted octanol–water partition coefficient (Wildman–Crippen LogP) is 8.38. The molecular weight excluding hydrogens is 324 g/mol. The summed E-state index contributed by atoms with van der Waals surface area (Å²) in [5, 5.41) is 0. The van der Waals surface area contributed by atoms with Gasteiger partial charge in [-0.3, -0.25) is 0 Å². The van der Waals surface area contributed by atoms with Gasteiger partial charge in [0, 0.05) is 5.41 Å². The first-order valence-electron chi connectivity index (χ1n) is 10.5. The molecule has 148 valence electrons. The van der Waals surface area contributed by atoms with Crippen molar-refractivity contribution in [3.8, 4) is 0 Å². The van der Waals surface area contributed by atoms with Crippen LogP contribution in [-0.2, 0) is 0 Å². The number of hydrogen-bond donors (Lipinski definition) is 0. The maximum absolute atomic E-state index is 3.90. The minimum absolute atomic E-state index is 0.178. The highest BCUT2D eigenvalue weighted by Crippen LogP contribution is 2.44. The van der Waals surface area contributed by atoms with Crippen LogP contribution in [0.4, 0.5) is 0 Å². The quantitative estimate of drug-likeness (QED) is 0.196. The Labute approximate surface area is 168 Å². The van der Waals surface area contributed by atoms with Gasteiger partial charge in [-0.25, -0.2) is 0 Å². The van der Waals surface area contributed by atoms with E-state index in [2.05, 4.69) is 90.0 Å². The van der Waals surface area contributed by atoms with Crippen LogP contribution in [-0.4, -0.2) is 0 Å². The van der Waals surface area contributed by atoms with Gasteiger partial charge >= 0.3 is 0 Å². The highest BCUT2D eigenvalue weighted by molar-refractivity contribution is 5.55. The Morgan fingerprint density at radius 1 is 1.00 bits per heavy atom. The highest BCUT2D eigenvalue weighted by Gasteiger charge is 2.31. The van der Waals surface area contributed by atoms with Gasteiger partial charge in [-0.05, 0) is 67.1 Å². The lowest BCUT2D eigenvalue weighted by molar-refractivity contribution is 0.343. The van der Waals surface area contributed by atoms with E-state index in [9.17, 15) is 0 Å². The number of rotatable bonds is 11. The summed E-state index contributed by atoms with van der Waals surface area (Å²) in [6.07, 6.45) is 20.9. The summed E-state index contributed by atoms with van der Waals surface area (Å²) in [5.41, 5.74) is 6.87. The van der Waals surface area contributed by atoms with Crippen LogP contribution >= 0.6 is 0 Å². The molecule has 0 aromatic heterocycles. The van der Waals surface area contributed by atoms with Crippen LogP contribution in [0.5, 0.6) is 0 Å². The van der Waals surface area contributed by atoms with Gasteiger partial charge in [0.2, 0.25) is 0 Å². The van der Waals surface area contributed by atoms with Crippen LogP contribution in [0.2, 0.25) is 0 Å². The second-order valence-corrected chi connectivity index (χ2v) is 8.94. The minimum atomic E-state index is 0.178. The van der Waals surface area contributed by atoms with Crippen LogP contribution in [0.25, 0.3) is 0 Å². The Balaban J connectivity index is 3.28. The third-order valence-electron chi connectivity index (χ3n) is 5.34. The van der Waals surface area contributed by atoms with Crippen molar-refractivity contribution in [1.29, 1.82) is 0 Å². The van der Waals surface area contributed by atoms with Crippen molar-refractivity contribution in [2.75, 3.05) is 0 Å². The summed E-state index contributed by atoms with van der Waals surface area (Å²) >= 11 is 0. The summed E-state index contributed by atoms with van der Waals surface area (Å²) in [4.78, 5) is 0. The van der Waals surface area contributed by atoms with Gasteiger partial charge in [-0.2, -0.15) is 0 Å². The Bertz CT molecular complexity index is 642. The van der Waals surface area contributed by atoms with Gasteiger partial charge in [0.1, 0.15) is 0 Å². The lowest BCUT2D eigenvalue weighted by Gasteiger charge is -2.27. The van der Waals surface area contributed by atoms with Crippen molar-refractivity contribution in [2.45, 2.75) is 67.2 Å². The molecular formula is C27H40. The van der Waals surface area contributed by atoms with E-state index in [4.69, 9.17) is 0 Å². The monoisotopic (exact) mass is 364 g/mol. The fraction of sp³-hybridized carbons (Fsp3) is 0.519. The first kappa shape index (κ1) is 23.3. The van der Waals surface area contributed by atoms with Crippen molar-refractivity contribution >= 4 is 0 Å². The molecule has 0 radical (unpaired) electrons. The lowest BCUT2D eigenvalue weighted by atomic mass is 9.77. The van der Waals surface area contributed by atoms with E-state index in [1.807, 2.05) is 13.0 Å². The average Bonchev–Trinajstić information content (AvgIpc) is 2.99. The van der Waals surface area contributed by atoms with Gasteiger partial charge < -0.3 is 0 Å². The van der Waals surface area contributed by atoms with E-state index in [0.29, 0.717) is 5.92 Å². The van der Waals surface area contributed by atoms with Crippen molar-refractivity contribution in [2.24, 2.45) is 23.2 Å². The molecule has 0 saturated carbocycles. The molecule has 0 spiro atoms. The van der Waals surface area contributed by atoms with E-state index < -0.39 is 0 Å². The summed E-state index contributed by atoms with van der Waals surface area (Å²) in [7, 11) is 0. The largest absolute Gasteiger partial charge is 0.125 e. The van der Waals surface area contributed by atoms with Crippen molar-refractivity contribution < 1.29 is 0 Å². The van der Waals surface area contributed by atoms with Crippen molar-refractivity contribution in [3.05, 3.63) is 78.1 Å². The fourth-order valence-corrected chi connectivity index (χ4v) is 3.25. The molecule has 0 N–H and O–H groups in total. The molecule has 0 heteroatoms. The van der Waals surface area contributed by atoms with E-state index >= 15 is 0 Å². The smallest absolute Gasteiger partial charge is 0.00795 e. The van der Waals surface area contributed by atoms with E-state index in [1.54, 1.807) is 0 Å². The highest BCUT2D eigenvalue weighted by atomic mass is 14.3. The summed E-state index contributed by atoms with van der Waals surface area (Å²) in [5.74, 6) is 1.84. The lowest BCUT2D eigenvalue weighted by Crippen LogP contribution is -2.15. The van der Waals surface area contributed by atoms with Gasteiger partial charge in [-0.1, -0.05) is 83.7 Å². The molecule has 1 aliphatic carbocycles. The molecule has 0 saturated heterocycles. The van der Waals surface area contributed by atoms with Crippen molar-refractivity contribution in [1.82, 2.24) is 0 Å². The fourth-order valence-electron chi connectivity index (χ4n) is 3.25. The first-order valence-corrected chi connectivity index (χ1v) is 10.5. The molecule has 0 heterocycles. The third-order valence-corrected chi connectivity index (χ3v) is 5.34. The zero-order valence-corrected chi connectivity index (χ0v) is 18.5. The average molecular weight is 365 g/mol. The van der Waals surface area contributed by atoms with Gasteiger partial charge in [0.25, 0.3) is 0 Å². The maximum Gasteiger partial charge on any atom is 0.00795 e. The number of allylic oxidation sites excluding steroid dienone is 10. The SMILES string of the molecule is C=C=C(C)/C=C\C1=CC(CCC(C)C)(CCC(C)C)C=C1/C=C\C(C)C=C. The molecule has 27 heavy (non-hydrogen) atoms. The Morgan fingerprint density at radius 3 is 1.96 bits per heavy atom. The van der Waals surface area contributed by atoms with Crippen LogP contribution in [0.1, 0.15) is 67.2 Å². The summed E-state index contributed by atoms with van der Waals surface area (Å²) < 4.78 is 0. The zero-order valence-electron chi connectivity index (χ0n) is 18.5. The van der Waals surface area contributed by atoms with Gasteiger partial charge in [-0.15, -0.1) is 12.3 Å². The molecule has 1 atom stereocenters. The molecule has 0 amide bonds. The zero-order chi connectivity index (χ0) is 20.4. The molecule has 0 aliphatic heterocycles. The van der Waals surface area contributed by atoms with Crippen molar-refractivity contribution in [3.63, 3.8) is 0 Å². The molecule has 1 rings (SSSR count). The van der Waals surface area contributed by atoms with Crippen LogP contribution in [0.15, 0.2) is 78.1 Å². The molecule has 0 nitrogen and oxygen atoms in total. The normalized spacial score (nSPS) is 17.5. The Hall–Kier alpha value is -1.78. The molecule has 0 fully saturated rings. The molecule has 0 aromatic rings. The molecule has 1 aliphatic rings. The maximum atomic E-state index is 3.90. The Kier molecular flexibility index (Phi) is 9.61. The second kappa shape index (κ2) is 11.2. The van der Waals surface area contributed by atoms with Crippen LogP contribution in [0, 0.1) is 23.2 Å². The Morgan fingerprint density at radius 2 is 1.52 bits per heavy atom. The summed E-state index contributed by atoms with van der Waals surface area (Å²) in [6.45, 7) is 21.2. The van der Waals surface area contributed by atoms with E-state index in [1.165, 1.54) is 36.8 Å².